The molecule has 1 aliphatic heterocycles. The maximum Gasteiger partial charge on any atom is 0.325 e. The van der Waals surface area contributed by atoms with Gasteiger partial charge in [0.05, 0.1) is 5.56 Å². The van der Waals surface area contributed by atoms with Crippen molar-refractivity contribution < 1.29 is 9.59 Å². The zero-order chi connectivity index (χ0) is 18.8. The van der Waals surface area contributed by atoms with Gasteiger partial charge in [0, 0.05) is 44.8 Å². The Hall–Kier alpha value is -2.96. The summed E-state index contributed by atoms with van der Waals surface area (Å²) in [6.07, 6.45) is 7.37. The molecule has 0 atom stereocenters. The number of carbonyl (C=O) groups excluding carboxylic acids is 2. The summed E-state index contributed by atoms with van der Waals surface area (Å²) in [6.45, 7) is 4.64. The van der Waals surface area contributed by atoms with Crippen LogP contribution in [0, 0.1) is 12.8 Å². The molecule has 2 aliphatic rings. The van der Waals surface area contributed by atoms with Gasteiger partial charge in [0.1, 0.15) is 5.82 Å². The molecule has 140 valence electrons. The first kappa shape index (κ1) is 17.5. The zero-order valence-electron chi connectivity index (χ0n) is 15.4. The third-order valence-electron chi connectivity index (χ3n) is 5.01. The Balaban J connectivity index is 1.39. The maximum atomic E-state index is 12.6. The molecule has 1 N–H and O–H groups in total. The topological polar surface area (TPSA) is 78.4 Å². The van der Waals surface area contributed by atoms with E-state index in [1.165, 1.54) is 19.0 Å². The number of hydrogen-bond donors (Lipinski definition) is 1. The third-order valence-corrected chi connectivity index (χ3v) is 5.01. The van der Waals surface area contributed by atoms with Crippen molar-refractivity contribution in [3.05, 3.63) is 53.5 Å². The average molecular weight is 365 g/mol. The van der Waals surface area contributed by atoms with E-state index in [1.807, 2.05) is 17.9 Å². The second-order valence-corrected chi connectivity index (χ2v) is 7.23. The summed E-state index contributed by atoms with van der Waals surface area (Å²) in [5, 5.41) is 2.87. The van der Waals surface area contributed by atoms with Crippen LogP contribution in [0.4, 0.5) is 10.6 Å². The van der Waals surface area contributed by atoms with Crippen molar-refractivity contribution in [2.75, 3.05) is 24.5 Å². The lowest BCUT2D eigenvalue weighted by Gasteiger charge is -2.19. The molecule has 3 heterocycles. The standard InChI is InChI=1S/C20H23N5O2/c1-14-9-16(11-23-19(26)17-3-2-6-21-12-17)10-22-18(14)25-8-7-24(20(25)27)13-15-4-5-15/h2-3,6,9-10,12,15H,4-5,7-8,11,13H2,1H3,(H,23,26). The summed E-state index contributed by atoms with van der Waals surface area (Å²) < 4.78 is 0. The number of carbonyl (C=O) groups is 2. The molecule has 1 aliphatic carbocycles. The van der Waals surface area contributed by atoms with E-state index in [4.69, 9.17) is 0 Å². The van der Waals surface area contributed by atoms with Gasteiger partial charge in [0.25, 0.3) is 5.91 Å². The molecule has 2 aromatic heterocycles. The van der Waals surface area contributed by atoms with Crippen molar-refractivity contribution in [3.63, 3.8) is 0 Å². The minimum atomic E-state index is -0.171. The summed E-state index contributed by atoms with van der Waals surface area (Å²) in [4.78, 5) is 36.9. The van der Waals surface area contributed by atoms with Crippen LogP contribution in [0.3, 0.4) is 0 Å². The number of hydrogen-bond acceptors (Lipinski definition) is 4. The average Bonchev–Trinajstić information content (AvgIpc) is 3.44. The molecule has 2 aromatic rings. The second-order valence-electron chi connectivity index (χ2n) is 7.23. The molecule has 4 rings (SSSR count). The number of anilines is 1. The fourth-order valence-electron chi connectivity index (χ4n) is 3.35. The van der Waals surface area contributed by atoms with E-state index in [9.17, 15) is 9.59 Å². The highest BCUT2D eigenvalue weighted by atomic mass is 16.2. The Labute approximate surface area is 158 Å². The molecule has 1 saturated carbocycles. The lowest BCUT2D eigenvalue weighted by Crippen LogP contribution is -2.34. The van der Waals surface area contributed by atoms with Crippen molar-refractivity contribution in [2.24, 2.45) is 5.92 Å². The Kier molecular flexibility index (Phi) is 4.75. The molecule has 0 bridgehead atoms. The Bertz CT molecular complexity index is 851. The van der Waals surface area contributed by atoms with E-state index in [2.05, 4.69) is 15.3 Å². The molecular formula is C20H23N5O2. The van der Waals surface area contributed by atoms with Crippen LogP contribution in [0.25, 0.3) is 0 Å². The van der Waals surface area contributed by atoms with Crippen molar-refractivity contribution in [3.8, 4) is 0 Å². The van der Waals surface area contributed by atoms with Crippen molar-refractivity contribution >= 4 is 17.8 Å². The quantitative estimate of drug-likeness (QED) is 0.852. The second kappa shape index (κ2) is 7.34. The lowest BCUT2D eigenvalue weighted by molar-refractivity contribution is 0.0950. The largest absolute Gasteiger partial charge is 0.348 e. The molecule has 0 spiro atoms. The first-order valence-corrected chi connectivity index (χ1v) is 9.32. The summed E-state index contributed by atoms with van der Waals surface area (Å²) in [6, 6.07) is 5.48. The molecule has 7 heteroatoms. The van der Waals surface area contributed by atoms with Gasteiger partial charge in [-0.15, -0.1) is 0 Å². The van der Waals surface area contributed by atoms with E-state index in [0.717, 1.165) is 24.2 Å². The number of nitrogens with one attached hydrogen (secondary N) is 1. The van der Waals surface area contributed by atoms with E-state index >= 15 is 0 Å². The maximum absolute atomic E-state index is 12.6. The number of aryl methyl sites for hydroxylation is 1. The van der Waals surface area contributed by atoms with Crippen molar-refractivity contribution in [2.45, 2.75) is 26.3 Å². The fourth-order valence-corrected chi connectivity index (χ4v) is 3.35. The third kappa shape index (κ3) is 3.92. The van der Waals surface area contributed by atoms with Crippen LogP contribution in [0.5, 0.6) is 0 Å². The molecule has 3 amide bonds. The minimum absolute atomic E-state index is 0.0510. The van der Waals surface area contributed by atoms with Crippen LogP contribution in [0.1, 0.15) is 34.3 Å². The van der Waals surface area contributed by atoms with E-state index in [1.54, 1.807) is 29.4 Å². The SMILES string of the molecule is Cc1cc(CNC(=O)c2cccnc2)cnc1N1CCN(CC2CC2)C1=O. The monoisotopic (exact) mass is 365 g/mol. The fraction of sp³-hybridized carbons (Fsp3) is 0.400. The van der Waals surface area contributed by atoms with Crippen LogP contribution in [0.2, 0.25) is 0 Å². The van der Waals surface area contributed by atoms with Gasteiger partial charge in [-0.1, -0.05) is 0 Å². The predicted octanol–water partition coefficient (Wildman–Crippen LogP) is 2.37. The molecule has 7 nitrogen and oxygen atoms in total. The van der Waals surface area contributed by atoms with E-state index in [0.29, 0.717) is 30.4 Å². The van der Waals surface area contributed by atoms with Gasteiger partial charge < -0.3 is 10.2 Å². The molecule has 2 fully saturated rings. The van der Waals surface area contributed by atoms with Gasteiger partial charge in [-0.2, -0.15) is 0 Å². The number of amides is 3. The van der Waals surface area contributed by atoms with Gasteiger partial charge in [-0.05, 0) is 55.0 Å². The van der Waals surface area contributed by atoms with E-state index in [-0.39, 0.29) is 11.9 Å². The van der Waals surface area contributed by atoms with Gasteiger partial charge in [-0.25, -0.2) is 9.78 Å². The highest BCUT2D eigenvalue weighted by molar-refractivity contribution is 5.94. The van der Waals surface area contributed by atoms with Crippen molar-refractivity contribution in [1.82, 2.24) is 20.2 Å². The van der Waals surface area contributed by atoms with Gasteiger partial charge in [0.2, 0.25) is 0 Å². The summed E-state index contributed by atoms with van der Waals surface area (Å²) in [5.74, 6) is 1.23. The van der Waals surface area contributed by atoms with Crippen molar-refractivity contribution in [1.29, 1.82) is 0 Å². The number of nitrogens with zero attached hydrogens (tertiary/aromatic N) is 4. The van der Waals surface area contributed by atoms with Crippen LogP contribution in [-0.4, -0.2) is 46.4 Å². The van der Waals surface area contributed by atoms with E-state index < -0.39 is 0 Å². The Morgan fingerprint density at radius 2 is 2.15 bits per heavy atom. The molecular weight excluding hydrogens is 342 g/mol. The first-order chi connectivity index (χ1) is 13.1. The van der Waals surface area contributed by atoms with Gasteiger partial charge >= 0.3 is 6.03 Å². The number of urea groups is 1. The zero-order valence-corrected chi connectivity index (χ0v) is 15.4. The summed E-state index contributed by atoms with van der Waals surface area (Å²) >= 11 is 0. The number of pyridine rings is 2. The molecule has 0 radical (unpaired) electrons. The predicted molar refractivity (Wildman–Crippen MR) is 101 cm³/mol. The number of rotatable bonds is 6. The Morgan fingerprint density at radius 3 is 2.85 bits per heavy atom. The molecule has 27 heavy (non-hydrogen) atoms. The lowest BCUT2D eigenvalue weighted by atomic mass is 10.2. The minimum Gasteiger partial charge on any atom is -0.348 e. The van der Waals surface area contributed by atoms with Crippen LogP contribution in [0.15, 0.2) is 36.8 Å². The van der Waals surface area contributed by atoms with Crippen LogP contribution < -0.4 is 10.2 Å². The number of aromatic nitrogens is 2. The van der Waals surface area contributed by atoms with Gasteiger partial charge in [0.15, 0.2) is 0 Å². The molecule has 0 unspecified atom stereocenters. The first-order valence-electron chi connectivity index (χ1n) is 9.32. The van der Waals surface area contributed by atoms with Gasteiger partial charge in [-0.3, -0.25) is 14.7 Å². The summed E-state index contributed by atoms with van der Waals surface area (Å²) in [7, 11) is 0. The summed E-state index contributed by atoms with van der Waals surface area (Å²) in [5.41, 5.74) is 2.36. The van der Waals surface area contributed by atoms with Crippen LogP contribution in [-0.2, 0) is 6.54 Å². The molecule has 0 aromatic carbocycles. The normalized spacial score (nSPS) is 16.7. The smallest absolute Gasteiger partial charge is 0.325 e. The van der Waals surface area contributed by atoms with Crippen LogP contribution >= 0.6 is 0 Å². The Morgan fingerprint density at radius 1 is 1.30 bits per heavy atom. The highest BCUT2D eigenvalue weighted by Gasteiger charge is 2.35. The molecule has 1 saturated heterocycles. The highest BCUT2D eigenvalue weighted by Crippen LogP contribution is 2.31.